The van der Waals surface area contributed by atoms with Gasteiger partial charge >= 0.3 is 0 Å². The smallest absolute Gasteiger partial charge is 0.191 e. The number of benzene rings is 1. The van der Waals surface area contributed by atoms with E-state index in [0.29, 0.717) is 12.5 Å². The molecule has 0 spiro atoms. The average molecular weight is 400 g/mol. The van der Waals surface area contributed by atoms with E-state index < -0.39 is 0 Å². The van der Waals surface area contributed by atoms with Crippen LogP contribution in [0.15, 0.2) is 34.6 Å². The molecule has 152 valence electrons. The summed E-state index contributed by atoms with van der Waals surface area (Å²) in [7, 11) is 1.80. The number of nitrogens with zero attached hydrogens (tertiary/aromatic N) is 3. The van der Waals surface area contributed by atoms with Gasteiger partial charge in [0.2, 0.25) is 0 Å². The Balaban J connectivity index is 1.46. The topological polar surface area (TPSA) is 52.6 Å². The lowest BCUT2D eigenvalue weighted by atomic mass is 9.99. The Morgan fingerprint density at radius 2 is 1.86 bits per heavy atom. The van der Waals surface area contributed by atoms with Gasteiger partial charge < -0.3 is 15.5 Å². The average Bonchev–Trinajstić information content (AvgIpc) is 3.19. The van der Waals surface area contributed by atoms with Gasteiger partial charge in [-0.3, -0.25) is 4.99 Å². The summed E-state index contributed by atoms with van der Waals surface area (Å²) >= 11 is 1.70. The third-order valence-corrected chi connectivity index (χ3v) is 6.20. The van der Waals surface area contributed by atoms with Crippen LogP contribution < -0.4 is 15.5 Å². The highest BCUT2D eigenvalue weighted by molar-refractivity contribution is 7.09. The largest absolute Gasteiger partial charge is 0.372 e. The minimum Gasteiger partial charge on any atom is -0.372 e. The molecule has 1 aromatic carbocycles. The van der Waals surface area contributed by atoms with E-state index in [9.17, 15) is 0 Å². The Labute approximate surface area is 173 Å². The van der Waals surface area contributed by atoms with Gasteiger partial charge in [-0.05, 0) is 42.4 Å². The highest BCUT2D eigenvalue weighted by atomic mass is 32.1. The number of thiazole rings is 1. The summed E-state index contributed by atoms with van der Waals surface area (Å²) in [5.74, 6) is 2.13. The highest BCUT2D eigenvalue weighted by Gasteiger charge is 2.15. The molecule has 0 unspecified atom stereocenters. The van der Waals surface area contributed by atoms with Gasteiger partial charge in [0, 0.05) is 37.7 Å². The van der Waals surface area contributed by atoms with Crippen LogP contribution in [0, 0.1) is 5.92 Å². The van der Waals surface area contributed by atoms with Gasteiger partial charge in [-0.25, -0.2) is 4.98 Å². The van der Waals surface area contributed by atoms with Crippen molar-refractivity contribution in [1.82, 2.24) is 15.6 Å². The molecule has 2 aromatic rings. The van der Waals surface area contributed by atoms with Crippen molar-refractivity contribution in [2.45, 2.75) is 52.6 Å². The van der Waals surface area contributed by atoms with E-state index in [1.807, 2.05) is 0 Å². The zero-order valence-electron chi connectivity index (χ0n) is 17.5. The Hall–Kier alpha value is -2.08. The van der Waals surface area contributed by atoms with E-state index in [-0.39, 0.29) is 0 Å². The Bertz CT molecular complexity index is 757. The minimum atomic E-state index is 0.471. The van der Waals surface area contributed by atoms with Crippen LogP contribution in [0.5, 0.6) is 0 Å². The number of piperidine rings is 1. The van der Waals surface area contributed by atoms with Gasteiger partial charge in [-0.1, -0.05) is 32.9 Å². The van der Waals surface area contributed by atoms with Crippen molar-refractivity contribution < 1.29 is 0 Å². The second kappa shape index (κ2) is 9.92. The molecule has 28 heavy (non-hydrogen) atoms. The summed E-state index contributed by atoms with van der Waals surface area (Å²) < 4.78 is 0. The van der Waals surface area contributed by atoms with Crippen LogP contribution in [0.2, 0.25) is 0 Å². The summed E-state index contributed by atoms with van der Waals surface area (Å²) in [6, 6.07) is 8.91. The van der Waals surface area contributed by atoms with Crippen molar-refractivity contribution in [1.29, 1.82) is 0 Å². The number of hydrogen-bond acceptors (Lipinski definition) is 4. The molecule has 0 bridgehead atoms. The molecule has 3 rings (SSSR count). The second-order valence-corrected chi connectivity index (χ2v) is 8.88. The zero-order valence-corrected chi connectivity index (χ0v) is 18.4. The van der Waals surface area contributed by atoms with E-state index in [1.54, 1.807) is 18.4 Å². The third kappa shape index (κ3) is 5.71. The first-order valence-corrected chi connectivity index (χ1v) is 11.2. The van der Waals surface area contributed by atoms with Gasteiger partial charge in [0.1, 0.15) is 5.01 Å². The molecular weight excluding hydrogens is 366 g/mol. The van der Waals surface area contributed by atoms with Crippen molar-refractivity contribution in [2.24, 2.45) is 10.9 Å². The summed E-state index contributed by atoms with van der Waals surface area (Å²) in [6.07, 6.45) is 2.59. The maximum Gasteiger partial charge on any atom is 0.191 e. The summed E-state index contributed by atoms with van der Waals surface area (Å²) in [5, 5.41) is 9.98. The van der Waals surface area contributed by atoms with Crippen molar-refractivity contribution in [3.05, 3.63) is 45.9 Å². The molecule has 5 nitrogen and oxygen atoms in total. The SMILES string of the molecule is CN=C(NCc1ccc(N2CCC(C)CC2)cc1)NCc1nc(C(C)C)cs1. The number of rotatable bonds is 6. The first-order valence-electron chi connectivity index (χ1n) is 10.3. The minimum absolute atomic E-state index is 0.471. The molecule has 2 N–H and O–H groups in total. The molecule has 0 atom stereocenters. The van der Waals surface area contributed by atoms with Crippen LogP contribution >= 0.6 is 11.3 Å². The molecule has 1 fully saturated rings. The number of aromatic nitrogens is 1. The molecule has 0 amide bonds. The van der Waals surface area contributed by atoms with Gasteiger partial charge in [-0.15, -0.1) is 11.3 Å². The van der Waals surface area contributed by atoms with Crippen molar-refractivity contribution >= 4 is 23.0 Å². The van der Waals surface area contributed by atoms with Crippen LogP contribution in [0.25, 0.3) is 0 Å². The first-order chi connectivity index (χ1) is 13.5. The molecule has 0 saturated carbocycles. The predicted octanol–water partition coefficient (Wildman–Crippen LogP) is 4.37. The molecule has 1 aromatic heterocycles. The summed E-state index contributed by atoms with van der Waals surface area (Å²) in [4.78, 5) is 11.5. The second-order valence-electron chi connectivity index (χ2n) is 7.94. The lowest BCUT2D eigenvalue weighted by Crippen LogP contribution is -2.36. The number of aliphatic imine (C=N–C) groups is 1. The van der Waals surface area contributed by atoms with Crippen LogP contribution in [0.4, 0.5) is 5.69 Å². The van der Waals surface area contributed by atoms with E-state index in [2.05, 4.69) is 75.9 Å². The Morgan fingerprint density at radius 3 is 2.46 bits per heavy atom. The van der Waals surface area contributed by atoms with Crippen molar-refractivity contribution in [3.8, 4) is 0 Å². The molecule has 1 saturated heterocycles. The summed E-state index contributed by atoms with van der Waals surface area (Å²) in [5.41, 5.74) is 3.75. The van der Waals surface area contributed by atoms with Crippen LogP contribution in [0.1, 0.15) is 55.8 Å². The standard InChI is InChI=1S/C22H33N5S/c1-16(2)20-15-28-21(26-20)14-25-22(23-4)24-13-18-5-7-19(8-6-18)27-11-9-17(3)10-12-27/h5-8,15-17H,9-14H2,1-4H3,(H2,23,24,25). The fraction of sp³-hybridized carbons (Fsp3) is 0.545. The quantitative estimate of drug-likeness (QED) is 0.559. The van der Waals surface area contributed by atoms with E-state index in [1.165, 1.54) is 37.2 Å². The molecule has 0 aliphatic carbocycles. The predicted molar refractivity (Wildman–Crippen MR) is 120 cm³/mol. The fourth-order valence-corrected chi connectivity index (χ4v) is 4.22. The molecule has 1 aliphatic heterocycles. The molecule has 0 radical (unpaired) electrons. The summed E-state index contributed by atoms with van der Waals surface area (Å²) in [6.45, 7) is 10.5. The lowest BCUT2D eigenvalue weighted by molar-refractivity contribution is 0.438. The molecule has 2 heterocycles. The number of anilines is 1. The van der Waals surface area contributed by atoms with E-state index >= 15 is 0 Å². The maximum absolute atomic E-state index is 4.66. The maximum atomic E-state index is 4.66. The van der Waals surface area contributed by atoms with Crippen LogP contribution in [0.3, 0.4) is 0 Å². The number of guanidine groups is 1. The number of hydrogen-bond donors (Lipinski definition) is 2. The first kappa shape index (κ1) is 20.6. The van der Waals surface area contributed by atoms with Gasteiger partial charge in [0.05, 0.1) is 12.2 Å². The fourth-order valence-electron chi connectivity index (χ4n) is 3.33. The van der Waals surface area contributed by atoms with Gasteiger partial charge in [-0.2, -0.15) is 0 Å². The lowest BCUT2D eigenvalue weighted by Gasteiger charge is -2.32. The number of nitrogens with one attached hydrogen (secondary N) is 2. The molecule has 6 heteroatoms. The van der Waals surface area contributed by atoms with E-state index in [4.69, 9.17) is 0 Å². The van der Waals surface area contributed by atoms with Gasteiger partial charge in [0.25, 0.3) is 0 Å². The van der Waals surface area contributed by atoms with Crippen LogP contribution in [-0.4, -0.2) is 31.1 Å². The van der Waals surface area contributed by atoms with Crippen LogP contribution in [-0.2, 0) is 13.1 Å². The van der Waals surface area contributed by atoms with Crippen molar-refractivity contribution in [3.63, 3.8) is 0 Å². The third-order valence-electron chi connectivity index (χ3n) is 5.34. The Morgan fingerprint density at radius 1 is 1.18 bits per heavy atom. The normalized spacial score (nSPS) is 15.9. The highest BCUT2D eigenvalue weighted by Crippen LogP contribution is 2.23. The molecule has 1 aliphatic rings. The van der Waals surface area contributed by atoms with Crippen molar-refractivity contribution in [2.75, 3.05) is 25.0 Å². The zero-order chi connectivity index (χ0) is 19.9. The molecular formula is C22H33N5S. The monoisotopic (exact) mass is 399 g/mol. The van der Waals surface area contributed by atoms with E-state index in [0.717, 1.165) is 29.1 Å². The Kier molecular flexibility index (Phi) is 7.31. The van der Waals surface area contributed by atoms with Gasteiger partial charge in [0.15, 0.2) is 5.96 Å².